The van der Waals surface area contributed by atoms with Crippen molar-refractivity contribution in [2.75, 3.05) is 26.3 Å². The van der Waals surface area contributed by atoms with Crippen LogP contribution in [-0.2, 0) is 18.3 Å². The van der Waals surface area contributed by atoms with Crippen LogP contribution in [0.2, 0.25) is 10.2 Å². The minimum Gasteiger partial charge on any atom is -0.379 e. The van der Waals surface area contributed by atoms with Crippen molar-refractivity contribution < 1.29 is 4.74 Å². The van der Waals surface area contributed by atoms with Gasteiger partial charge >= 0.3 is 0 Å². The number of aliphatic imine (C=N–C) groups is 1. The number of nitrogens with zero attached hydrogens (tertiary/aromatic N) is 2. The second-order valence-corrected chi connectivity index (χ2v) is 6.19. The molecule has 1 aromatic heterocycles. The molecule has 1 rings (SSSR count). The first-order valence-electron chi connectivity index (χ1n) is 7.55. The molecule has 5 nitrogen and oxygen atoms in total. The van der Waals surface area contributed by atoms with E-state index in [1.54, 1.807) is 0 Å². The predicted molar refractivity (Wildman–Crippen MR) is 93.9 cm³/mol. The minimum atomic E-state index is 0.505. The van der Waals surface area contributed by atoms with Crippen LogP contribution >= 0.6 is 23.2 Å². The summed E-state index contributed by atoms with van der Waals surface area (Å²) < 4.78 is 7.38. The highest BCUT2D eigenvalue weighted by Crippen LogP contribution is 2.25. The van der Waals surface area contributed by atoms with Gasteiger partial charge in [0.05, 0.1) is 18.2 Å². The third-order valence-electron chi connectivity index (χ3n) is 2.95. The van der Waals surface area contributed by atoms with Gasteiger partial charge in [0.25, 0.3) is 0 Å². The second-order valence-electron chi connectivity index (χ2n) is 5.42. The summed E-state index contributed by atoms with van der Waals surface area (Å²) in [6, 6.07) is 1.84. The topological polar surface area (TPSA) is 50.6 Å². The molecule has 0 aromatic carbocycles. The Morgan fingerprint density at radius 1 is 1.36 bits per heavy atom. The summed E-state index contributed by atoms with van der Waals surface area (Å²) in [5.41, 5.74) is 0.961. The van der Waals surface area contributed by atoms with E-state index in [1.165, 1.54) is 0 Å². The van der Waals surface area contributed by atoms with Crippen molar-refractivity contribution in [3.05, 3.63) is 21.9 Å². The molecule has 0 aliphatic rings. The Kier molecular flexibility index (Phi) is 8.68. The van der Waals surface area contributed by atoms with Gasteiger partial charge in [-0.15, -0.1) is 0 Å². The molecule has 0 spiro atoms. The lowest BCUT2D eigenvalue weighted by molar-refractivity contribution is 0.114. The number of halogens is 2. The monoisotopic (exact) mass is 348 g/mol. The molecule has 22 heavy (non-hydrogen) atoms. The molecule has 0 bridgehead atoms. The van der Waals surface area contributed by atoms with E-state index in [-0.39, 0.29) is 0 Å². The van der Waals surface area contributed by atoms with Crippen LogP contribution in [0.4, 0.5) is 0 Å². The van der Waals surface area contributed by atoms with E-state index < -0.39 is 0 Å². The zero-order valence-corrected chi connectivity index (χ0v) is 15.3. The first-order valence-corrected chi connectivity index (χ1v) is 8.30. The Morgan fingerprint density at radius 3 is 2.64 bits per heavy atom. The molecular weight excluding hydrogens is 323 g/mol. The summed E-state index contributed by atoms with van der Waals surface area (Å²) in [6.45, 7) is 9.75. The zero-order chi connectivity index (χ0) is 16.5. The van der Waals surface area contributed by atoms with Crippen LogP contribution < -0.4 is 10.6 Å². The molecule has 0 saturated carbocycles. The van der Waals surface area contributed by atoms with Crippen LogP contribution in [0.3, 0.4) is 0 Å². The van der Waals surface area contributed by atoms with Crippen molar-refractivity contribution in [1.82, 2.24) is 15.2 Å². The lowest BCUT2D eigenvalue weighted by Crippen LogP contribution is -2.39. The third kappa shape index (κ3) is 6.46. The van der Waals surface area contributed by atoms with Crippen molar-refractivity contribution in [2.45, 2.75) is 27.3 Å². The first-order chi connectivity index (χ1) is 10.5. The van der Waals surface area contributed by atoms with E-state index in [1.807, 2.05) is 24.6 Å². The van der Waals surface area contributed by atoms with Gasteiger partial charge in [0.2, 0.25) is 0 Å². The van der Waals surface area contributed by atoms with Crippen LogP contribution in [-0.4, -0.2) is 36.8 Å². The molecular formula is C15H26Cl2N4O. The van der Waals surface area contributed by atoms with E-state index in [0.717, 1.165) is 24.8 Å². The summed E-state index contributed by atoms with van der Waals surface area (Å²) in [6.07, 6.45) is 0. The average molecular weight is 349 g/mol. The number of rotatable bonds is 8. The fourth-order valence-corrected chi connectivity index (χ4v) is 2.22. The molecule has 1 aromatic rings. The SMILES string of the molecule is CCNC(=NCc1cc(Cl)c(Cl)n1C)NCCOCC(C)C. The van der Waals surface area contributed by atoms with Crippen LogP contribution in [0.25, 0.3) is 0 Å². The van der Waals surface area contributed by atoms with Gasteiger partial charge in [-0.05, 0) is 18.9 Å². The molecule has 0 unspecified atom stereocenters. The van der Waals surface area contributed by atoms with E-state index in [0.29, 0.717) is 35.8 Å². The molecule has 0 radical (unpaired) electrons. The number of hydrogen-bond donors (Lipinski definition) is 2. The fraction of sp³-hybridized carbons (Fsp3) is 0.667. The van der Waals surface area contributed by atoms with Crippen LogP contribution in [0.15, 0.2) is 11.1 Å². The molecule has 0 fully saturated rings. The number of hydrogen-bond acceptors (Lipinski definition) is 2. The van der Waals surface area contributed by atoms with E-state index in [9.17, 15) is 0 Å². The van der Waals surface area contributed by atoms with Gasteiger partial charge in [-0.3, -0.25) is 0 Å². The molecule has 0 aliphatic carbocycles. The summed E-state index contributed by atoms with van der Waals surface area (Å²) in [5.74, 6) is 1.30. The van der Waals surface area contributed by atoms with Gasteiger partial charge in [-0.2, -0.15) is 0 Å². The third-order valence-corrected chi connectivity index (χ3v) is 3.79. The maximum absolute atomic E-state index is 6.05. The van der Waals surface area contributed by atoms with Gasteiger partial charge in [-0.1, -0.05) is 37.0 Å². The molecule has 126 valence electrons. The van der Waals surface area contributed by atoms with Gasteiger partial charge in [0.15, 0.2) is 5.96 Å². The molecule has 0 aliphatic heterocycles. The Bertz CT molecular complexity index is 486. The minimum absolute atomic E-state index is 0.505. The van der Waals surface area contributed by atoms with Crippen molar-refractivity contribution in [3.63, 3.8) is 0 Å². The highest BCUT2D eigenvalue weighted by Gasteiger charge is 2.08. The predicted octanol–water partition coefficient (Wildman–Crippen LogP) is 3.06. The maximum atomic E-state index is 6.05. The molecule has 2 N–H and O–H groups in total. The summed E-state index contributed by atoms with van der Waals surface area (Å²) in [7, 11) is 1.87. The first kappa shape index (κ1) is 19.1. The van der Waals surface area contributed by atoms with Crippen molar-refractivity contribution in [2.24, 2.45) is 18.0 Å². The van der Waals surface area contributed by atoms with Crippen LogP contribution in [0.5, 0.6) is 0 Å². The smallest absolute Gasteiger partial charge is 0.191 e. The van der Waals surface area contributed by atoms with Crippen molar-refractivity contribution >= 4 is 29.2 Å². The lowest BCUT2D eigenvalue weighted by atomic mass is 10.2. The standard InChI is InChI=1S/C15H26Cl2N4O/c1-5-18-15(19-6-7-22-10-11(2)3)20-9-12-8-13(16)14(17)21(12)4/h8,11H,5-7,9-10H2,1-4H3,(H2,18,19,20). The lowest BCUT2D eigenvalue weighted by Gasteiger charge is -2.12. The number of nitrogens with one attached hydrogen (secondary N) is 2. The Hall–Kier alpha value is -0.910. The van der Waals surface area contributed by atoms with Gasteiger partial charge < -0.3 is 19.9 Å². The Labute approximate surface area is 143 Å². The quantitative estimate of drug-likeness (QED) is 0.431. The normalized spacial score (nSPS) is 12.0. The number of ether oxygens (including phenoxy) is 1. The molecule has 1 heterocycles. The Balaban J connectivity index is 2.49. The molecule has 0 atom stereocenters. The summed E-state index contributed by atoms with van der Waals surface area (Å²) >= 11 is 12.1. The van der Waals surface area contributed by atoms with E-state index >= 15 is 0 Å². The van der Waals surface area contributed by atoms with Gasteiger partial charge in [-0.25, -0.2) is 4.99 Å². The second kappa shape index (κ2) is 9.98. The van der Waals surface area contributed by atoms with E-state index in [2.05, 4.69) is 29.5 Å². The number of guanidine groups is 1. The molecule has 0 amide bonds. The highest BCUT2D eigenvalue weighted by molar-refractivity contribution is 6.41. The summed E-state index contributed by atoms with van der Waals surface area (Å²) in [5, 5.41) is 7.53. The largest absolute Gasteiger partial charge is 0.379 e. The Morgan fingerprint density at radius 2 is 2.09 bits per heavy atom. The van der Waals surface area contributed by atoms with Gasteiger partial charge in [0.1, 0.15) is 5.15 Å². The maximum Gasteiger partial charge on any atom is 0.191 e. The number of aromatic nitrogens is 1. The molecule has 7 heteroatoms. The fourth-order valence-electron chi connectivity index (χ4n) is 1.80. The van der Waals surface area contributed by atoms with Crippen LogP contribution in [0.1, 0.15) is 26.5 Å². The van der Waals surface area contributed by atoms with E-state index in [4.69, 9.17) is 27.9 Å². The van der Waals surface area contributed by atoms with Crippen molar-refractivity contribution in [1.29, 1.82) is 0 Å². The highest BCUT2D eigenvalue weighted by atomic mass is 35.5. The summed E-state index contributed by atoms with van der Waals surface area (Å²) in [4.78, 5) is 4.53. The zero-order valence-electron chi connectivity index (χ0n) is 13.7. The van der Waals surface area contributed by atoms with Crippen LogP contribution in [0, 0.1) is 5.92 Å². The van der Waals surface area contributed by atoms with Gasteiger partial charge in [0, 0.05) is 32.4 Å². The van der Waals surface area contributed by atoms with Crippen molar-refractivity contribution in [3.8, 4) is 0 Å². The molecule has 0 saturated heterocycles. The average Bonchev–Trinajstić information content (AvgIpc) is 2.71.